The number of pyridine rings is 1. The van der Waals surface area contributed by atoms with Crippen LogP contribution >= 0.6 is 0 Å². The fourth-order valence-electron chi connectivity index (χ4n) is 1.47. The molecule has 1 aromatic rings. The molecule has 1 aromatic heterocycles. The number of hydrogen-bond acceptors (Lipinski definition) is 4. The van der Waals surface area contributed by atoms with Gasteiger partial charge in [0.25, 0.3) is 0 Å². The number of aliphatic hydroxyl groups is 1. The Morgan fingerprint density at radius 2 is 2.06 bits per heavy atom. The summed E-state index contributed by atoms with van der Waals surface area (Å²) in [6.45, 7) is 7.45. The molecule has 17 heavy (non-hydrogen) atoms. The molecule has 96 valence electrons. The van der Waals surface area contributed by atoms with Crippen LogP contribution in [0.3, 0.4) is 0 Å². The molecule has 0 aromatic carbocycles. The Morgan fingerprint density at radius 1 is 1.35 bits per heavy atom. The molecule has 4 heteroatoms. The van der Waals surface area contributed by atoms with Gasteiger partial charge in [0.1, 0.15) is 6.10 Å². The van der Waals surface area contributed by atoms with Crippen molar-refractivity contribution in [3.8, 4) is 0 Å². The predicted octanol–water partition coefficient (Wildman–Crippen LogP) is 1.22. The Kier molecular flexibility index (Phi) is 5.05. The van der Waals surface area contributed by atoms with Crippen LogP contribution in [-0.4, -0.2) is 29.2 Å². The molecular weight excluding hydrogens is 214 g/mol. The van der Waals surface area contributed by atoms with Gasteiger partial charge in [0, 0.05) is 18.6 Å². The van der Waals surface area contributed by atoms with Crippen molar-refractivity contribution in [3.05, 3.63) is 29.6 Å². The molecule has 0 saturated heterocycles. The Bertz CT molecular complexity index is 347. The Balaban J connectivity index is 2.62. The lowest BCUT2D eigenvalue weighted by Crippen LogP contribution is -2.38. The third kappa shape index (κ3) is 5.26. The molecule has 0 radical (unpaired) electrons. The molecule has 0 amide bonds. The molecule has 3 N–H and O–H groups in total. The highest BCUT2D eigenvalue weighted by Gasteiger charge is 2.14. The number of aromatic nitrogens is 1. The van der Waals surface area contributed by atoms with Crippen LogP contribution in [-0.2, 0) is 6.54 Å². The maximum absolute atomic E-state index is 10.0. The fourth-order valence-corrected chi connectivity index (χ4v) is 1.47. The number of β-amino-alcohol motifs (C(OH)–C–C–N with tert-alkyl or cyclic N) is 1. The minimum absolute atomic E-state index is 0.00354. The van der Waals surface area contributed by atoms with Crippen LogP contribution in [0.2, 0.25) is 0 Å². The van der Waals surface area contributed by atoms with Gasteiger partial charge in [-0.15, -0.1) is 0 Å². The van der Waals surface area contributed by atoms with E-state index in [-0.39, 0.29) is 5.54 Å². The predicted molar refractivity (Wildman–Crippen MR) is 69.7 cm³/mol. The van der Waals surface area contributed by atoms with Crippen molar-refractivity contribution < 1.29 is 5.11 Å². The van der Waals surface area contributed by atoms with Gasteiger partial charge in [-0.05, 0) is 40.0 Å². The van der Waals surface area contributed by atoms with E-state index in [9.17, 15) is 5.11 Å². The highest BCUT2D eigenvalue weighted by Crippen LogP contribution is 2.11. The van der Waals surface area contributed by atoms with E-state index in [4.69, 9.17) is 0 Å². The number of nitrogens with one attached hydrogen (secondary N) is 2. The summed E-state index contributed by atoms with van der Waals surface area (Å²) in [4.78, 5) is 4.41. The third-order valence-corrected chi connectivity index (χ3v) is 2.35. The van der Waals surface area contributed by atoms with Crippen LogP contribution in [0, 0.1) is 0 Å². The van der Waals surface area contributed by atoms with Gasteiger partial charge in [-0.2, -0.15) is 0 Å². The van der Waals surface area contributed by atoms with E-state index >= 15 is 0 Å². The molecule has 0 saturated carbocycles. The van der Waals surface area contributed by atoms with Crippen molar-refractivity contribution in [2.75, 3.05) is 13.6 Å². The summed E-state index contributed by atoms with van der Waals surface area (Å²) in [5, 5.41) is 16.3. The SMILES string of the molecule is CNCc1cccc([C@@H](O)CNC(C)(C)C)n1. The number of nitrogens with zero attached hydrogens (tertiary/aromatic N) is 1. The van der Waals surface area contributed by atoms with Crippen molar-refractivity contribution in [3.63, 3.8) is 0 Å². The number of hydrogen-bond donors (Lipinski definition) is 3. The smallest absolute Gasteiger partial charge is 0.108 e. The Hall–Kier alpha value is -0.970. The van der Waals surface area contributed by atoms with Gasteiger partial charge in [0.05, 0.1) is 11.4 Å². The van der Waals surface area contributed by atoms with E-state index in [1.165, 1.54) is 0 Å². The van der Waals surface area contributed by atoms with Crippen LogP contribution in [0.4, 0.5) is 0 Å². The van der Waals surface area contributed by atoms with Gasteiger partial charge >= 0.3 is 0 Å². The molecular formula is C13H23N3O. The van der Waals surface area contributed by atoms with E-state index in [0.717, 1.165) is 11.4 Å². The summed E-state index contributed by atoms with van der Waals surface area (Å²) < 4.78 is 0. The van der Waals surface area contributed by atoms with Crippen LogP contribution in [0.1, 0.15) is 38.3 Å². The standard InChI is InChI=1S/C13H23N3O/c1-13(2,3)15-9-12(17)11-7-5-6-10(16-11)8-14-4/h5-7,12,14-15,17H,8-9H2,1-4H3/t12-/m0/s1. The number of aliphatic hydroxyl groups excluding tert-OH is 1. The van der Waals surface area contributed by atoms with Crippen LogP contribution in [0.15, 0.2) is 18.2 Å². The van der Waals surface area contributed by atoms with Crippen molar-refractivity contribution in [2.24, 2.45) is 0 Å². The Labute approximate surface area is 103 Å². The van der Waals surface area contributed by atoms with Crippen LogP contribution in [0.25, 0.3) is 0 Å². The highest BCUT2D eigenvalue weighted by molar-refractivity contribution is 5.13. The zero-order valence-corrected chi connectivity index (χ0v) is 11.1. The van der Waals surface area contributed by atoms with Gasteiger partial charge in [0.15, 0.2) is 0 Å². The largest absolute Gasteiger partial charge is 0.385 e. The summed E-state index contributed by atoms with van der Waals surface area (Å²) in [5.74, 6) is 0. The van der Waals surface area contributed by atoms with E-state index in [1.54, 1.807) is 0 Å². The zero-order chi connectivity index (χ0) is 12.9. The van der Waals surface area contributed by atoms with E-state index in [1.807, 2.05) is 25.2 Å². The second kappa shape index (κ2) is 6.10. The molecule has 4 nitrogen and oxygen atoms in total. The van der Waals surface area contributed by atoms with Gasteiger partial charge in [-0.3, -0.25) is 4.98 Å². The summed E-state index contributed by atoms with van der Waals surface area (Å²) in [7, 11) is 1.88. The normalized spacial score (nSPS) is 13.7. The van der Waals surface area contributed by atoms with E-state index in [0.29, 0.717) is 13.1 Å². The van der Waals surface area contributed by atoms with Crippen molar-refractivity contribution >= 4 is 0 Å². The highest BCUT2D eigenvalue weighted by atomic mass is 16.3. The maximum atomic E-state index is 10.0. The molecule has 0 unspecified atom stereocenters. The molecule has 0 bridgehead atoms. The minimum atomic E-state index is -0.564. The summed E-state index contributed by atoms with van der Waals surface area (Å²) >= 11 is 0. The van der Waals surface area contributed by atoms with Crippen molar-refractivity contribution in [1.29, 1.82) is 0 Å². The van der Waals surface area contributed by atoms with Crippen LogP contribution < -0.4 is 10.6 Å². The first-order valence-corrected chi connectivity index (χ1v) is 5.96. The van der Waals surface area contributed by atoms with Gasteiger partial charge in [-0.1, -0.05) is 6.07 Å². The topological polar surface area (TPSA) is 57.2 Å². The average molecular weight is 237 g/mol. The van der Waals surface area contributed by atoms with E-state index in [2.05, 4.69) is 36.4 Å². The van der Waals surface area contributed by atoms with Crippen LogP contribution in [0.5, 0.6) is 0 Å². The van der Waals surface area contributed by atoms with Gasteiger partial charge in [-0.25, -0.2) is 0 Å². The minimum Gasteiger partial charge on any atom is -0.385 e. The van der Waals surface area contributed by atoms with Gasteiger partial charge < -0.3 is 15.7 Å². The lowest BCUT2D eigenvalue weighted by Gasteiger charge is -2.22. The second-order valence-corrected chi connectivity index (χ2v) is 5.23. The maximum Gasteiger partial charge on any atom is 0.108 e. The van der Waals surface area contributed by atoms with E-state index < -0.39 is 6.10 Å². The first-order valence-electron chi connectivity index (χ1n) is 5.96. The van der Waals surface area contributed by atoms with Crippen molar-refractivity contribution in [2.45, 2.75) is 39.0 Å². The molecule has 0 aliphatic carbocycles. The second-order valence-electron chi connectivity index (χ2n) is 5.23. The van der Waals surface area contributed by atoms with Gasteiger partial charge in [0.2, 0.25) is 0 Å². The summed E-state index contributed by atoms with van der Waals surface area (Å²) in [6.07, 6.45) is -0.564. The monoisotopic (exact) mass is 237 g/mol. The molecule has 1 atom stereocenters. The molecule has 0 spiro atoms. The first kappa shape index (κ1) is 14.1. The molecule has 1 heterocycles. The fraction of sp³-hybridized carbons (Fsp3) is 0.615. The first-order chi connectivity index (χ1) is 7.92. The lowest BCUT2D eigenvalue weighted by molar-refractivity contribution is 0.158. The lowest BCUT2D eigenvalue weighted by atomic mass is 10.1. The summed E-state index contributed by atoms with van der Waals surface area (Å²) in [6, 6.07) is 5.73. The molecule has 0 fully saturated rings. The zero-order valence-electron chi connectivity index (χ0n) is 11.1. The Morgan fingerprint density at radius 3 is 2.65 bits per heavy atom. The summed E-state index contributed by atoms with van der Waals surface area (Å²) in [5.41, 5.74) is 1.66. The quantitative estimate of drug-likeness (QED) is 0.721. The number of rotatable bonds is 5. The average Bonchev–Trinajstić information content (AvgIpc) is 2.26. The van der Waals surface area contributed by atoms with Crippen molar-refractivity contribution in [1.82, 2.24) is 15.6 Å². The molecule has 0 aliphatic heterocycles. The molecule has 1 rings (SSSR count). The third-order valence-electron chi connectivity index (χ3n) is 2.35. The molecule has 0 aliphatic rings.